The molecule has 0 aromatic rings. The molecule has 2 aliphatic carbocycles. The Morgan fingerprint density at radius 3 is 2.60 bits per heavy atom. The van der Waals surface area contributed by atoms with Crippen LogP contribution in [-0.2, 0) is 4.79 Å². The molecule has 3 N–H and O–H groups in total. The number of hydrogen-bond donors (Lipinski definition) is 3. The molecule has 2 saturated heterocycles. The lowest BCUT2D eigenvalue weighted by Gasteiger charge is -2.37. The molecule has 8 unspecified atom stereocenters. The Balaban J connectivity index is 1.40. The zero-order chi connectivity index (χ0) is 17.6. The fourth-order valence-corrected chi connectivity index (χ4v) is 5.58. The minimum atomic E-state index is -0.745. The Hall–Kier alpha value is -0.680. The van der Waals surface area contributed by atoms with Gasteiger partial charge in [0.05, 0.1) is 6.04 Å². The van der Waals surface area contributed by atoms with E-state index < -0.39 is 6.17 Å². The number of rotatable bonds is 4. The average Bonchev–Trinajstić information content (AvgIpc) is 3.33. The molecule has 1 amide bonds. The second-order valence-corrected chi connectivity index (χ2v) is 9.19. The first kappa shape index (κ1) is 17.7. The largest absolute Gasteiger partial charge is 0.350 e. The number of carbonyl (C=O) groups excluding carboxylic acids is 1. The Kier molecular flexibility index (Phi) is 5.07. The zero-order valence-electron chi connectivity index (χ0n) is 15.6. The minimum absolute atomic E-state index is 0.0191. The summed E-state index contributed by atoms with van der Waals surface area (Å²) in [5, 5.41) is 10.5. The summed E-state index contributed by atoms with van der Waals surface area (Å²) in [5.41, 5.74) is 0. The van der Waals surface area contributed by atoms with Crippen LogP contribution in [0.15, 0.2) is 0 Å². The first-order chi connectivity index (χ1) is 12.0. The van der Waals surface area contributed by atoms with E-state index in [-0.39, 0.29) is 30.0 Å². The van der Waals surface area contributed by atoms with Crippen molar-refractivity contribution in [3.05, 3.63) is 0 Å². The van der Waals surface area contributed by atoms with E-state index in [4.69, 9.17) is 0 Å². The number of alkyl halides is 1. The van der Waals surface area contributed by atoms with Crippen LogP contribution in [0.3, 0.4) is 0 Å². The van der Waals surface area contributed by atoms with Crippen LogP contribution >= 0.6 is 0 Å². The van der Waals surface area contributed by atoms with Gasteiger partial charge in [-0.15, -0.1) is 0 Å². The lowest BCUT2D eigenvalue weighted by atomic mass is 9.77. The van der Waals surface area contributed by atoms with Gasteiger partial charge in [0.15, 0.2) is 0 Å². The van der Waals surface area contributed by atoms with Gasteiger partial charge in [-0.1, -0.05) is 13.8 Å². The van der Waals surface area contributed by atoms with E-state index in [2.05, 4.69) is 29.8 Å². The Morgan fingerprint density at radius 1 is 1.12 bits per heavy atom. The van der Waals surface area contributed by atoms with Crippen LogP contribution in [0.4, 0.5) is 4.39 Å². The molecule has 2 heterocycles. The minimum Gasteiger partial charge on any atom is -0.350 e. The number of carbonyl (C=O) groups is 1. The highest BCUT2D eigenvalue weighted by molar-refractivity contribution is 5.82. The van der Waals surface area contributed by atoms with Crippen LogP contribution in [0.25, 0.3) is 0 Å². The van der Waals surface area contributed by atoms with E-state index in [0.29, 0.717) is 36.6 Å². The maximum absolute atomic E-state index is 14.3. The van der Waals surface area contributed by atoms with Crippen molar-refractivity contribution in [2.75, 3.05) is 6.54 Å². The molecule has 2 aliphatic heterocycles. The summed E-state index contributed by atoms with van der Waals surface area (Å²) in [5.74, 6) is 1.82. The van der Waals surface area contributed by atoms with Gasteiger partial charge in [0.1, 0.15) is 6.17 Å². The van der Waals surface area contributed by atoms with Crippen molar-refractivity contribution in [1.82, 2.24) is 16.0 Å². The molecule has 5 heteroatoms. The van der Waals surface area contributed by atoms with Gasteiger partial charge in [-0.25, -0.2) is 4.39 Å². The molecule has 0 bridgehead atoms. The lowest BCUT2D eigenvalue weighted by molar-refractivity contribution is -0.124. The van der Waals surface area contributed by atoms with E-state index in [1.807, 2.05) is 0 Å². The number of halogens is 1. The van der Waals surface area contributed by atoms with Crippen LogP contribution in [0.1, 0.15) is 58.8 Å². The maximum atomic E-state index is 14.3. The Morgan fingerprint density at radius 2 is 1.92 bits per heavy atom. The molecule has 0 aromatic carbocycles. The number of hydrogen-bond acceptors (Lipinski definition) is 3. The van der Waals surface area contributed by atoms with E-state index in [0.717, 1.165) is 13.0 Å². The predicted octanol–water partition coefficient (Wildman–Crippen LogP) is 2.38. The summed E-state index contributed by atoms with van der Waals surface area (Å²) in [4.78, 5) is 13.0. The van der Waals surface area contributed by atoms with Gasteiger partial charge in [-0.3, -0.25) is 4.79 Å². The van der Waals surface area contributed by atoms with Gasteiger partial charge >= 0.3 is 0 Å². The van der Waals surface area contributed by atoms with E-state index in [1.54, 1.807) is 0 Å². The van der Waals surface area contributed by atoms with Crippen LogP contribution in [0, 0.1) is 23.7 Å². The van der Waals surface area contributed by atoms with Gasteiger partial charge < -0.3 is 16.0 Å². The lowest BCUT2D eigenvalue weighted by Crippen LogP contribution is -2.58. The van der Waals surface area contributed by atoms with E-state index >= 15 is 0 Å². The molecule has 0 radical (unpaired) electrons. The summed E-state index contributed by atoms with van der Waals surface area (Å²) in [6, 6.07) is 0.590. The number of piperidine rings is 1. The van der Waals surface area contributed by atoms with Crippen LogP contribution in [0.2, 0.25) is 0 Å². The fourth-order valence-electron chi connectivity index (χ4n) is 5.58. The summed E-state index contributed by atoms with van der Waals surface area (Å²) >= 11 is 0. The molecule has 4 aliphatic rings. The van der Waals surface area contributed by atoms with Crippen LogP contribution < -0.4 is 16.0 Å². The topological polar surface area (TPSA) is 53.2 Å². The third-order valence-corrected chi connectivity index (χ3v) is 7.31. The van der Waals surface area contributed by atoms with Crippen LogP contribution in [0.5, 0.6) is 0 Å². The molecular formula is C20H34FN3O. The molecule has 0 aromatic heterocycles. The molecule has 0 spiro atoms. The monoisotopic (exact) mass is 351 g/mol. The zero-order valence-corrected chi connectivity index (χ0v) is 15.6. The number of amides is 1. The van der Waals surface area contributed by atoms with Crippen molar-refractivity contribution in [2.24, 2.45) is 23.7 Å². The van der Waals surface area contributed by atoms with E-state index in [9.17, 15) is 9.18 Å². The third-order valence-electron chi connectivity index (χ3n) is 7.31. The van der Waals surface area contributed by atoms with Crippen molar-refractivity contribution in [1.29, 1.82) is 0 Å². The second kappa shape index (κ2) is 7.15. The van der Waals surface area contributed by atoms with Crippen molar-refractivity contribution < 1.29 is 9.18 Å². The summed E-state index contributed by atoms with van der Waals surface area (Å²) < 4.78 is 14.3. The highest BCUT2D eigenvalue weighted by Crippen LogP contribution is 2.40. The van der Waals surface area contributed by atoms with Crippen molar-refractivity contribution in [3.8, 4) is 0 Å². The molecule has 142 valence electrons. The predicted molar refractivity (Wildman–Crippen MR) is 97.0 cm³/mol. The first-order valence-corrected chi connectivity index (χ1v) is 10.5. The normalized spacial score (nSPS) is 45.6. The van der Waals surface area contributed by atoms with E-state index in [1.165, 1.54) is 25.7 Å². The van der Waals surface area contributed by atoms with Crippen LogP contribution in [-0.4, -0.2) is 42.8 Å². The van der Waals surface area contributed by atoms with Gasteiger partial charge in [-0.05, 0) is 69.2 Å². The van der Waals surface area contributed by atoms with Gasteiger partial charge in [-0.2, -0.15) is 0 Å². The SMILES string of the molecule is CC1CCC(F)C2CC(C(=O)NC(C3CC3)C3NCCCC3C)NC12. The number of nitrogens with one attached hydrogen (secondary N) is 3. The summed E-state index contributed by atoms with van der Waals surface area (Å²) in [7, 11) is 0. The number of fused-ring (bicyclic) bond motifs is 1. The maximum Gasteiger partial charge on any atom is 0.237 e. The molecular weight excluding hydrogens is 317 g/mol. The third kappa shape index (κ3) is 3.59. The molecule has 8 atom stereocenters. The van der Waals surface area contributed by atoms with Crippen molar-refractivity contribution in [2.45, 2.75) is 89.1 Å². The molecule has 4 fully saturated rings. The highest BCUT2D eigenvalue weighted by atomic mass is 19.1. The van der Waals surface area contributed by atoms with Gasteiger partial charge in [0.2, 0.25) is 5.91 Å². The standard InChI is InChI=1S/C20H34FN3O/c1-11-4-3-9-22-18(11)19(13-6-7-13)24-20(25)16-10-14-15(21)8-5-12(2)17(14)23-16/h11-19,22-23H,3-10H2,1-2H3,(H,24,25). The summed E-state index contributed by atoms with van der Waals surface area (Å²) in [6.07, 6.45) is 6.42. The van der Waals surface area contributed by atoms with Crippen molar-refractivity contribution in [3.63, 3.8) is 0 Å². The van der Waals surface area contributed by atoms with Gasteiger partial charge in [0.25, 0.3) is 0 Å². The highest BCUT2D eigenvalue weighted by Gasteiger charge is 2.47. The quantitative estimate of drug-likeness (QED) is 0.729. The van der Waals surface area contributed by atoms with Gasteiger partial charge in [0, 0.05) is 24.0 Å². The first-order valence-electron chi connectivity index (χ1n) is 10.5. The Labute approximate surface area is 151 Å². The summed E-state index contributed by atoms with van der Waals surface area (Å²) in [6.45, 7) is 5.55. The molecule has 4 rings (SSSR count). The van der Waals surface area contributed by atoms with Crippen molar-refractivity contribution >= 4 is 5.91 Å². The molecule has 2 saturated carbocycles. The molecule has 4 nitrogen and oxygen atoms in total. The Bertz CT molecular complexity index is 479. The smallest absolute Gasteiger partial charge is 0.237 e. The fraction of sp³-hybridized carbons (Fsp3) is 0.950. The molecule has 25 heavy (non-hydrogen) atoms. The average molecular weight is 352 g/mol. The second-order valence-electron chi connectivity index (χ2n) is 9.19.